The lowest BCUT2D eigenvalue weighted by molar-refractivity contribution is 0.375. The summed E-state index contributed by atoms with van der Waals surface area (Å²) in [5, 5.41) is 0.0949. The predicted octanol–water partition coefficient (Wildman–Crippen LogP) is 5.79. The van der Waals surface area contributed by atoms with Crippen molar-refractivity contribution in [1.29, 1.82) is 0 Å². The Labute approximate surface area is 141 Å². The molecule has 1 heterocycles. The Bertz CT molecular complexity index is 689. The Morgan fingerprint density at radius 3 is 2.43 bits per heavy atom. The maximum atomic E-state index is 13.2. The van der Waals surface area contributed by atoms with Crippen LogP contribution in [0.2, 0.25) is 5.02 Å². The van der Waals surface area contributed by atoms with E-state index in [9.17, 15) is 4.39 Å². The molecule has 0 saturated heterocycles. The quantitative estimate of drug-likeness (QED) is 0.666. The maximum absolute atomic E-state index is 13.2. The third kappa shape index (κ3) is 3.78. The largest absolute Gasteiger partial charge is 0.236 e. The molecule has 0 spiro atoms. The molecule has 4 heteroatoms. The van der Waals surface area contributed by atoms with Crippen molar-refractivity contribution < 1.29 is 4.39 Å². The van der Waals surface area contributed by atoms with E-state index in [-0.39, 0.29) is 5.02 Å². The van der Waals surface area contributed by atoms with Gasteiger partial charge in [0.05, 0.1) is 5.02 Å². The van der Waals surface area contributed by atoms with Gasteiger partial charge in [-0.05, 0) is 68.2 Å². The minimum absolute atomic E-state index is 0.0949. The minimum Gasteiger partial charge on any atom is -0.236 e. The number of benzene rings is 1. The molecule has 3 rings (SSSR count). The first kappa shape index (κ1) is 16.1. The van der Waals surface area contributed by atoms with Crippen molar-refractivity contribution in [3.8, 4) is 11.4 Å². The Hall–Kier alpha value is -1.74. The average Bonchev–Trinajstić information content (AvgIpc) is 2.59. The van der Waals surface area contributed by atoms with Crippen molar-refractivity contribution in [1.82, 2.24) is 9.97 Å². The Morgan fingerprint density at radius 1 is 1.13 bits per heavy atom. The molecular weight excluding hydrogens is 311 g/mol. The summed E-state index contributed by atoms with van der Waals surface area (Å²) in [7, 11) is 0. The van der Waals surface area contributed by atoms with Crippen LogP contribution in [-0.4, -0.2) is 9.97 Å². The van der Waals surface area contributed by atoms with E-state index < -0.39 is 5.82 Å². The molecule has 23 heavy (non-hydrogen) atoms. The van der Waals surface area contributed by atoms with Crippen molar-refractivity contribution in [3.63, 3.8) is 0 Å². The molecule has 1 aromatic heterocycles. The lowest BCUT2D eigenvalue weighted by Crippen LogP contribution is -2.12. The van der Waals surface area contributed by atoms with Gasteiger partial charge in [-0.25, -0.2) is 14.4 Å². The number of aromatic nitrogens is 2. The molecule has 0 bridgehead atoms. The smallest absolute Gasteiger partial charge is 0.159 e. The van der Waals surface area contributed by atoms with Gasteiger partial charge in [-0.2, -0.15) is 0 Å². The number of nitrogens with zero attached hydrogens (tertiary/aromatic N) is 2. The molecule has 120 valence electrons. The highest BCUT2D eigenvalue weighted by molar-refractivity contribution is 6.31. The van der Waals surface area contributed by atoms with Crippen LogP contribution in [-0.2, 0) is 0 Å². The average molecular weight is 331 g/mol. The van der Waals surface area contributed by atoms with Crippen LogP contribution in [0.3, 0.4) is 0 Å². The highest BCUT2D eigenvalue weighted by Gasteiger charge is 2.21. The molecule has 0 aliphatic heterocycles. The van der Waals surface area contributed by atoms with Gasteiger partial charge in [0.2, 0.25) is 0 Å². The van der Waals surface area contributed by atoms with Gasteiger partial charge >= 0.3 is 0 Å². The maximum Gasteiger partial charge on any atom is 0.159 e. The van der Waals surface area contributed by atoms with Crippen LogP contribution in [0.5, 0.6) is 0 Å². The number of halogens is 2. The number of rotatable bonds is 3. The van der Waals surface area contributed by atoms with E-state index in [2.05, 4.69) is 29.0 Å². The second-order valence-corrected chi connectivity index (χ2v) is 6.51. The fourth-order valence-corrected chi connectivity index (χ4v) is 3.43. The first-order valence-corrected chi connectivity index (χ1v) is 8.45. The van der Waals surface area contributed by atoms with Crippen molar-refractivity contribution in [3.05, 3.63) is 59.1 Å². The van der Waals surface area contributed by atoms with Gasteiger partial charge < -0.3 is 0 Å². The molecule has 1 fully saturated rings. The zero-order valence-electron chi connectivity index (χ0n) is 13.2. The molecule has 1 aliphatic carbocycles. The van der Waals surface area contributed by atoms with Gasteiger partial charge in [0.1, 0.15) is 5.82 Å². The summed E-state index contributed by atoms with van der Waals surface area (Å²) in [6.07, 6.45) is 13.1. The molecule has 2 nitrogen and oxygen atoms in total. The van der Waals surface area contributed by atoms with Gasteiger partial charge in [0.25, 0.3) is 0 Å². The fraction of sp³-hybridized carbons (Fsp3) is 0.368. The Balaban J connectivity index is 1.71. The Morgan fingerprint density at radius 2 is 1.83 bits per heavy atom. The molecular formula is C19H20ClFN2. The van der Waals surface area contributed by atoms with Crippen molar-refractivity contribution >= 4 is 11.6 Å². The molecule has 1 saturated carbocycles. The third-order valence-electron chi connectivity index (χ3n) is 4.56. The molecule has 0 unspecified atom stereocenters. The van der Waals surface area contributed by atoms with Gasteiger partial charge in [0.15, 0.2) is 5.82 Å². The zero-order chi connectivity index (χ0) is 16.2. The van der Waals surface area contributed by atoms with Crippen LogP contribution in [0.15, 0.2) is 42.7 Å². The van der Waals surface area contributed by atoms with E-state index in [1.807, 2.05) is 12.4 Å². The molecule has 1 aliphatic rings. The van der Waals surface area contributed by atoms with Gasteiger partial charge in [0, 0.05) is 18.0 Å². The van der Waals surface area contributed by atoms with E-state index in [1.165, 1.54) is 37.3 Å². The lowest BCUT2D eigenvalue weighted by Gasteiger charge is -2.26. The predicted molar refractivity (Wildman–Crippen MR) is 91.9 cm³/mol. The molecule has 0 amide bonds. The highest BCUT2D eigenvalue weighted by Crippen LogP contribution is 2.36. The first-order chi connectivity index (χ1) is 11.2. The second kappa shape index (κ2) is 7.22. The van der Waals surface area contributed by atoms with Crippen LogP contribution in [0.4, 0.5) is 4.39 Å². The third-order valence-corrected chi connectivity index (χ3v) is 4.85. The van der Waals surface area contributed by atoms with E-state index in [0.717, 1.165) is 11.5 Å². The van der Waals surface area contributed by atoms with Crippen molar-refractivity contribution in [2.75, 3.05) is 0 Å². The standard InChI is InChI=1S/C19H20ClFN2/c1-2-3-13-4-6-14(7-5-13)16-11-22-19(23-12-16)15-8-9-18(21)17(20)10-15/h2-3,8-14H,4-7H2,1H3/t13-,14-. The van der Waals surface area contributed by atoms with Crippen LogP contribution >= 0.6 is 11.6 Å². The minimum atomic E-state index is -0.426. The van der Waals surface area contributed by atoms with E-state index in [0.29, 0.717) is 11.7 Å². The second-order valence-electron chi connectivity index (χ2n) is 6.11. The lowest BCUT2D eigenvalue weighted by atomic mass is 9.79. The Kier molecular flexibility index (Phi) is 5.06. The van der Waals surface area contributed by atoms with Gasteiger partial charge in [-0.15, -0.1) is 0 Å². The summed E-state index contributed by atoms with van der Waals surface area (Å²) in [5.41, 5.74) is 1.93. The summed E-state index contributed by atoms with van der Waals surface area (Å²) >= 11 is 5.82. The van der Waals surface area contributed by atoms with E-state index in [1.54, 1.807) is 12.1 Å². The van der Waals surface area contributed by atoms with Crippen LogP contribution < -0.4 is 0 Å². The molecule has 0 atom stereocenters. The normalized spacial score (nSPS) is 21.7. The molecule has 1 aromatic carbocycles. The first-order valence-electron chi connectivity index (χ1n) is 8.07. The zero-order valence-corrected chi connectivity index (χ0v) is 13.9. The number of allylic oxidation sites excluding steroid dienone is 2. The van der Waals surface area contributed by atoms with Gasteiger partial charge in [-0.3, -0.25) is 0 Å². The van der Waals surface area contributed by atoms with Crippen LogP contribution in [0.25, 0.3) is 11.4 Å². The summed E-state index contributed by atoms with van der Waals surface area (Å²) in [6.45, 7) is 2.08. The SMILES string of the molecule is CC=C[C@H]1CC[C@H](c2cnc(-c3ccc(F)c(Cl)c3)nc2)CC1. The van der Waals surface area contributed by atoms with E-state index in [4.69, 9.17) is 11.6 Å². The number of hydrogen-bond donors (Lipinski definition) is 0. The molecule has 0 N–H and O–H groups in total. The van der Waals surface area contributed by atoms with Crippen molar-refractivity contribution in [2.24, 2.45) is 5.92 Å². The summed E-state index contributed by atoms with van der Waals surface area (Å²) in [5.74, 6) is 1.42. The van der Waals surface area contributed by atoms with E-state index >= 15 is 0 Å². The van der Waals surface area contributed by atoms with Crippen LogP contribution in [0.1, 0.15) is 44.1 Å². The fourth-order valence-electron chi connectivity index (χ4n) is 3.25. The molecule has 2 aromatic rings. The van der Waals surface area contributed by atoms with Crippen LogP contribution in [0, 0.1) is 11.7 Å². The highest BCUT2D eigenvalue weighted by atomic mass is 35.5. The molecule has 0 radical (unpaired) electrons. The monoisotopic (exact) mass is 330 g/mol. The van der Waals surface area contributed by atoms with Gasteiger partial charge in [-0.1, -0.05) is 23.8 Å². The summed E-state index contributed by atoms with van der Waals surface area (Å²) < 4.78 is 13.2. The van der Waals surface area contributed by atoms with Crippen molar-refractivity contribution in [2.45, 2.75) is 38.5 Å². The summed E-state index contributed by atoms with van der Waals surface area (Å²) in [4.78, 5) is 8.89. The number of hydrogen-bond acceptors (Lipinski definition) is 2. The topological polar surface area (TPSA) is 25.8 Å². The summed E-state index contributed by atoms with van der Waals surface area (Å²) in [6, 6.07) is 4.56.